The van der Waals surface area contributed by atoms with Crippen LogP contribution >= 0.6 is 11.6 Å². The normalized spacial score (nSPS) is 12.6. The Morgan fingerprint density at radius 1 is 0.967 bits per heavy atom. The number of anilines is 1. The molecule has 0 atom stereocenters. The average molecular weight is 445 g/mol. The van der Waals surface area contributed by atoms with Gasteiger partial charge in [-0.1, -0.05) is 29.8 Å². The molecule has 0 saturated carbocycles. The molecule has 0 saturated heterocycles. The molecule has 0 fully saturated rings. The van der Waals surface area contributed by atoms with Crippen LogP contribution in [0.25, 0.3) is 0 Å². The van der Waals surface area contributed by atoms with Crippen molar-refractivity contribution in [1.82, 2.24) is 4.72 Å². The second-order valence-electron chi connectivity index (χ2n) is 6.50. The van der Waals surface area contributed by atoms with E-state index in [1.165, 1.54) is 12.1 Å². The molecule has 9 heteroatoms. The summed E-state index contributed by atoms with van der Waals surface area (Å²) < 4.78 is 37.8. The lowest BCUT2D eigenvalue weighted by Crippen LogP contribution is -2.23. The maximum Gasteiger partial charge on any atom is 0.255 e. The van der Waals surface area contributed by atoms with Gasteiger partial charge in [-0.2, -0.15) is 0 Å². The molecule has 30 heavy (non-hydrogen) atoms. The molecule has 7 nitrogen and oxygen atoms in total. The SMILES string of the molecule is O=C(Nc1ccc2c(c1)OCO2)c1ccc(CNS(=O)(=O)c2cccc(Cl)c2)cc1. The van der Waals surface area contributed by atoms with Gasteiger partial charge in [0.15, 0.2) is 11.5 Å². The van der Waals surface area contributed by atoms with E-state index in [9.17, 15) is 13.2 Å². The summed E-state index contributed by atoms with van der Waals surface area (Å²) in [6, 6.07) is 17.8. The molecular formula is C21H17ClN2O5S. The Hall–Kier alpha value is -3.07. The first-order valence-electron chi connectivity index (χ1n) is 8.96. The van der Waals surface area contributed by atoms with Crippen LogP contribution in [0.2, 0.25) is 5.02 Å². The molecule has 1 aliphatic rings. The lowest BCUT2D eigenvalue weighted by atomic mass is 10.1. The molecule has 4 rings (SSSR count). The maximum atomic E-state index is 12.5. The van der Waals surface area contributed by atoms with Gasteiger partial charge in [0.2, 0.25) is 16.8 Å². The predicted octanol–water partition coefficient (Wildman–Crippen LogP) is 3.80. The van der Waals surface area contributed by atoms with Gasteiger partial charge in [-0.3, -0.25) is 4.79 Å². The number of carbonyl (C=O) groups is 1. The van der Waals surface area contributed by atoms with Crippen LogP contribution < -0.4 is 19.5 Å². The van der Waals surface area contributed by atoms with Crippen molar-refractivity contribution in [3.8, 4) is 11.5 Å². The van der Waals surface area contributed by atoms with Crippen LogP contribution in [0.4, 0.5) is 5.69 Å². The largest absolute Gasteiger partial charge is 0.454 e. The Kier molecular flexibility index (Phi) is 5.63. The van der Waals surface area contributed by atoms with Crippen LogP contribution in [-0.2, 0) is 16.6 Å². The van der Waals surface area contributed by atoms with E-state index < -0.39 is 10.0 Å². The van der Waals surface area contributed by atoms with E-state index in [4.69, 9.17) is 21.1 Å². The molecule has 1 amide bonds. The van der Waals surface area contributed by atoms with Gasteiger partial charge in [0.1, 0.15) is 0 Å². The molecule has 3 aromatic rings. The summed E-state index contributed by atoms with van der Waals surface area (Å²) in [7, 11) is -3.69. The van der Waals surface area contributed by atoms with Crippen LogP contribution in [0.15, 0.2) is 71.6 Å². The number of rotatable bonds is 6. The summed E-state index contributed by atoms with van der Waals surface area (Å²) in [5.41, 5.74) is 1.73. The second-order valence-corrected chi connectivity index (χ2v) is 8.70. The van der Waals surface area contributed by atoms with Crippen molar-refractivity contribution in [2.45, 2.75) is 11.4 Å². The van der Waals surface area contributed by atoms with Crippen molar-refractivity contribution in [2.24, 2.45) is 0 Å². The first-order valence-corrected chi connectivity index (χ1v) is 10.8. The summed E-state index contributed by atoms with van der Waals surface area (Å²) in [6.07, 6.45) is 0. The number of benzene rings is 3. The van der Waals surface area contributed by atoms with Crippen LogP contribution in [-0.4, -0.2) is 21.1 Å². The van der Waals surface area contributed by atoms with E-state index in [0.29, 0.717) is 33.3 Å². The monoisotopic (exact) mass is 444 g/mol. The molecule has 2 N–H and O–H groups in total. The maximum absolute atomic E-state index is 12.5. The molecule has 0 aliphatic carbocycles. The fourth-order valence-corrected chi connectivity index (χ4v) is 4.17. The third kappa shape index (κ3) is 4.56. The van der Waals surface area contributed by atoms with Crippen LogP contribution in [0, 0.1) is 0 Å². The van der Waals surface area contributed by atoms with Gasteiger partial charge < -0.3 is 14.8 Å². The molecule has 1 heterocycles. The number of sulfonamides is 1. The summed E-state index contributed by atoms with van der Waals surface area (Å²) >= 11 is 5.86. The quantitative estimate of drug-likeness (QED) is 0.603. The Morgan fingerprint density at radius 2 is 1.73 bits per heavy atom. The van der Waals surface area contributed by atoms with E-state index in [1.807, 2.05) is 0 Å². The van der Waals surface area contributed by atoms with Crippen LogP contribution in [0.1, 0.15) is 15.9 Å². The average Bonchev–Trinajstić information content (AvgIpc) is 3.20. The summed E-state index contributed by atoms with van der Waals surface area (Å²) in [5.74, 6) is 0.924. The zero-order chi connectivity index (χ0) is 21.1. The molecule has 0 bridgehead atoms. The van der Waals surface area contributed by atoms with Crippen molar-refractivity contribution < 1.29 is 22.7 Å². The van der Waals surface area contributed by atoms with Crippen LogP contribution in [0.5, 0.6) is 11.5 Å². The Bertz CT molecular complexity index is 1200. The van der Waals surface area contributed by atoms with Gasteiger partial charge in [0.05, 0.1) is 4.90 Å². The first kappa shape index (κ1) is 20.2. The topological polar surface area (TPSA) is 93.7 Å². The number of fused-ring (bicyclic) bond motifs is 1. The number of ether oxygens (including phenoxy) is 2. The molecule has 154 valence electrons. The van der Waals surface area contributed by atoms with Gasteiger partial charge in [0.25, 0.3) is 5.91 Å². The number of nitrogens with one attached hydrogen (secondary N) is 2. The summed E-state index contributed by atoms with van der Waals surface area (Å²) in [6.45, 7) is 0.244. The molecule has 0 radical (unpaired) electrons. The van der Waals surface area contributed by atoms with E-state index in [-0.39, 0.29) is 24.1 Å². The van der Waals surface area contributed by atoms with Gasteiger partial charge in [-0.15, -0.1) is 0 Å². The predicted molar refractivity (Wildman–Crippen MR) is 112 cm³/mol. The standard InChI is InChI=1S/C21H17ClN2O5S/c22-16-2-1-3-18(10-16)30(26,27)23-12-14-4-6-15(7-5-14)21(25)24-17-8-9-19-20(11-17)29-13-28-19/h1-11,23H,12-13H2,(H,24,25). The van der Waals surface area contributed by atoms with Gasteiger partial charge in [-0.25, -0.2) is 13.1 Å². The molecule has 0 aromatic heterocycles. The van der Waals surface area contributed by atoms with Gasteiger partial charge in [0, 0.05) is 28.9 Å². The second kappa shape index (κ2) is 8.35. The van der Waals surface area contributed by atoms with Crippen LogP contribution in [0.3, 0.4) is 0 Å². The number of hydrogen-bond acceptors (Lipinski definition) is 5. The number of halogens is 1. The van der Waals surface area contributed by atoms with Crippen molar-refractivity contribution in [2.75, 3.05) is 12.1 Å². The Balaban J connectivity index is 1.38. The minimum absolute atomic E-state index is 0.0822. The molecule has 0 spiro atoms. The fourth-order valence-electron chi connectivity index (χ4n) is 2.85. The number of amides is 1. The van der Waals surface area contributed by atoms with Crippen molar-refractivity contribution in [3.05, 3.63) is 82.9 Å². The fraction of sp³-hybridized carbons (Fsp3) is 0.0952. The molecule has 3 aromatic carbocycles. The molecule has 0 unspecified atom stereocenters. The Labute approximate surface area is 178 Å². The molecular weight excluding hydrogens is 428 g/mol. The van der Waals surface area contributed by atoms with Crippen molar-refractivity contribution >= 4 is 33.2 Å². The zero-order valence-corrected chi connectivity index (χ0v) is 17.2. The highest BCUT2D eigenvalue weighted by Gasteiger charge is 2.16. The summed E-state index contributed by atoms with van der Waals surface area (Å²) in [5, 5.41) is 3.14. The van der Waals surface area contributed by atoms with Crippen molar-refractivity contribution in [1.29, 1.82) is 0 Å². The minimum Gasteiger partial charge on any atom is -0.454 e. The van der Waals surface area contributed by atoms with E-state index in [0.717, 1.165) is 0 Å². The summed E-state index contributed by atoms with van der Waals surface area (Å²) in [4.78, 5) is 12.5. The third-order valence-corrected chi connectivity index (χ3v) is 6.05. The highest BCUT2D eigenvalue weighted by Crippen LogP contribution is 2.34. The Morgan fingerprint density at radius 3 is 2.50 bits per heavy atom. The minimum atomic E-state index is -3.69. The zero-order valence-electron chi connectivity index (χ0n) is 15.6. The highest BCUT2D eigenvalue weighted by molar-refractivity contribution is 7.89. The first-order chi connectivity index (χ1) is 14.4. The molecule has 1 aliphatic heterocycles. The highest BCUT2D eigenvalue weighted by atomic mass is 35.5. The van der Waals surface area contributed by atoms with Gasteiger partial charge in [-0.05, 0) is 48.0 Å². The smallest absolute Gasteiger partial charge is 0.255 e. The third-order valence-electron chi connectivity index (χ3n) is 4.42. The lowest BCUT2D eigenvalue weighted by molar-refractivity contribution is 0.102. The van der Waals surface area contributed by atoms with Gasteiger partial charge >= 0.3 is 0 Å². The number of carbonyl (C=O) groups excluding carboxylic acids is 1. The van der Waals surface area contributed by atoms with E-state index in [1.54, 1.807) is 54.6 Å². The van der Waals surface area contributed by atoms with E-state index in [2.05, 4.69) is 10.0 Å². The number of hydrogen-bond donors (Lipinski definition) is 2. The van der Waals surface area contributed by atoms with Crippen molar-refractivity contribution in [3.63, 3.8) is 0 Å². The van der Waals surface area contributed by atoms with E-state index >= 15 is 0 Å². The lowest BCUT2D eigenvalue weighted by Gasteiger charge is -2.09.